The number of para-hydroxylation sites is 1. The van der Waals surface area contributed by atoms with Gasteiger partial charge in [0.15, 0.2) is 0 Å². The van der Waals surface area contributed by atoms with Crippen LogP contribution >= 0.6 is 11.8 Å². The summed E-state index contributed by atoms with van der Waals surface area (Å²) < 4.78 is 78.3. The highest BCUT2D eigenvalue weighted by atomic mass is 32.2. The molecule has 4 nitrogen and oxygen atoms in total. The van der Waals surface area contributed by atoms with Gasteiger partial charge in [0.1, 0.15) is 0 Å². The Hall–Kier alpha value is -2.69. The van der Waals surface area contributed by atoms with Gasteiger partial charge in [-0.05, 0) is 30.3 Å². The van der Waals surface area contributed by atoms with Gasteiger partial charge in [0.2, 0.25) is 11.8 Å². The Morgan fingerprint density at radius 1 is 0.931 bits per heavy atom. The number of alkyl halides is 6. The summed E-state index contributed by atoms with van der Waals surface area (Å²) in [5.41, 5.74) is 2.13. The molecule has 0 aromatic heterocycles. The third-order valence-electron chi connectivity index (χ3n) is 4.12. The fraction of sp³-hybridized carbons (Fsp3) is 0.222. The number of carbonyl (C=O) groups is 2. The van der Waals surface area contributed by atoms with Crippen molar-refractivity contribution < 1.29 is 35.9 Å². The van der Waals surface area contributed by atoms with Crippen LogP contribution in [0.5, 0.6) is 0 Å². The maximum Gasteiger partial charge on any atom is 0.416 e. The van der Waals surface area contributed by atoms with E-state index in [2.05, 4.69) is 0 Å². The van der Waals surface area contributed by atoms with Crippen molar-refractivity contribution in [3.63, 3.8) is 0 Å². The van der Waals surface area contributed by atoms with Crippen LogP contribution in [0.3, 0.4) is 0 Å². The molecule has 1 unspecified atom stereocenters. The van der Waals surface area contributed by atoms with Crippen LogP contribution in [0.4, 0.5) is 37.7 Å². The normalized spacial score (nSPS) is 17.9. The van der Waals surface area contributed by atoms with Gasteiger partial charge in [-0.2, -0.15) is 26.3 Å². The number of amides is 2. The van der Waals surface area contributed by atoms with E-state index in [0.29, 0.717) is 27.6 Å². The monoisotopic (exact) mass is 434 g/mol. The lowest BCUT2D eigenvalue weighted by atomic mass is 10.1. The van der Waals surface area contributed by atoms with Gasteiger partial charge in [-0.15, -0.1) is 11.8 Å². The third kappa shape index (κ3) is 4.34. The van der Waals surface area contributed by atoms with Gasteiger partial charge < -0.3 is 5.73 Å². The fourth-order valence-corrected chi connectivity index (χ4v) is 3.88. The van der Waals surface area contributed by atoms with E-state index in [-0.39, 0.29) is 12.5 Å². The van der Waals surface area contributed by atoms with Gasteiger partial charge in [0, 0.05) is 17.0 Å². The maximum absolute atomic E-state index is 13.1. The molecule has 11 heteroatoms. The predicted molar refractivity (Wildman–Crippen MR) is 94.1 cm³/mol. The van der Waals surface area contributed by atoms with E-state index in [1.165, 1.54) is 0 Å². The number of nitrogens with two attached hydrogens (primary N) is 1. The van der Waals surface area contributed by atoms with Gasteiger partial charge in [-0.3, -0.25) is 9.59 Å². The molecule has 1 fully saturated rings. The summed E-state index contributed by atoms with van der Waals surface area (Å²) in [4.78, 5) is 25.8. The highest BCUT2D eigenvalue weighted by Gasteiger charge is 2.43. The predicted octanol–water partition coefficient (Wildman–Crippen LogP) is 4.73. The molecule has 1 saturated heterocycles. The molecule has 0 aliphatic carbocycles. The Kier molecular flexibility index (Phi) is 5.28. The van der Waals surface area contributed by atoms with Crippen LogP contribution in [0.1, 0.15) is 17.5 Å². The van der Waals surface area contributed by atoms with Crippen LogP contribution < -0.4 is 10.6 Å². The molecule has 3 rings (SSSR count). The summed E-state index contributed by atoms with van der Waals surface area (Å²) in [6.07, 6.45) is -10.6. The number of hydrogen-bond acceptors (Lipinski definition) is 4. The van der Waals surface area contributed by atoms with Crippen LogP contribution in [0, 0.1) is 0 Å². The Bertz CT molecular complexity index is 941. The van der Waals surface area contributed by atoms with E-state index in [4.69, 9.17) is 5.73 Å². The van der Waals surface area contributed by atoms with E-state index in [1.807, 2.05) is 0 Å². The number of hydrogen-bond donors (Lipinski definition) is 1. The highest BCUT2D eigenvalue weighted by molar-refractivity contribution is 8.00. The molecule has 2 N–H and O–H groups in total. The van der Waals surface area contributed by atoms with E-state index < -0.39 is 46.2 Å². The van der Waals surface area contributed by atoms with Crippen molar-refractivity contribution in [1.82, 2.24) is 0 Å². The second-order valence-corrected chi connectivity index (χ2v) is 7.42. The quantitative estimate of drug-likeness (QED) is 0.431. The molecule has 2 amide bonds. The number of rotatable bonds is 3. The van der Waals surface area contributed by atoms with Crippen LogP contribution in [-0.4, -0.2) is 17.1 Å². The Labute approximate surface area is 164 Å². The number of nitrogens with zero attached hydrogens (tertiary/aromatic N) is 1. The molecule has 1 atom stereocenters. The number of anilines is 2. The number of imide groups is 1. The minimum absolute atomic E-state index is 0.0641. The van der Waals surface area contributed by atoms with Crippen molar-refractivity contribution in [1.29, 1.82) is 0 Å². The van der Waals surface area contributed by atoms with E-state index >= 15 is 0 Å². The lowest BCUT2D eigenvalue weighted by Gasteiger charge is -2.19. The van der Waals surface area contributed by atoms with Crippen LogP contribution in [0.25, 0.3) is 0 Å². The van der Waals surface area contributed by atoms with Gasteiger partial charge >= 0.3 is 12.4 Å². The minimum Gasteiger partial charge on any atom is -0.398 e. The van der Waals surface area contributed by atoms with Crippen LogP contribution in [0.2, 0.25) is 0 Å². The van der Waals surface area contributed by atoms with Gasteiger partial charge in [-0.1, -0.05) is 12.1 Å². The first-order valence-corrected chi connectivity index (χ1v) is 8.93. The average molecular weight is 434 g/mol. The lowest BCUT2D eigenvalue weighted by Crippen LogP contribution is -2.31. The molecule has 1 aliphatic heterocycles. The number of halogens is 6. The van der Waals surface area contributed by atoms with E-state index in [1.54, 1.807) is 24.3 Å². The van der Waals surface area contributed by atoms with Crippen LogP contribution in [0.15, 0.2) is 47.4 Å². The first-order chi connectivity index (χ1) is 13.4. The molecule has 2 aromatic carbocycles. The summed E-state index contributed by atoms with van der Waals surface area (Å²) >= 11 is 0.926. The second-order valence-electron chi connectivity index (χ2n) is 6.18. The van der Waals surface area contributed by atoms with E-state index in [0.717, 1.165) is 11.8 Å². The molecule has 0 bridgehead atoms. The molecular formula is C18H12F6N2O2S. The van der Waals surface area contributed by atoms with Crippen molar-refractivity contribution in [2.45, 2.75) is 28.9 Å². The molecule has 0 radical (unpaired) electrons. The zero-order valence-electron chi connectivity index (χ0n) is 14.3. The number of carbonyl (C=O) groups excluding carboxylic acids is 2. The number of nitrogen functional groups attached to an aromatic ring is 1. The maximum atomic E-state index is 13.1. The summed E-state index contributed by atoms with van der Waals surface area (Å²) in [6.45, 7) is 0. The molecule has 0 saturated carbocycles. The van der Waals surface area contributed by atoms with Gasteiger partial charge in [0.05, 0.1) is 22.1 Å². The van der Waals surface area contributed by atoms with Crippen molar-refractivity contribution in [2.75, 3.05) is 10.6 Å². The fourth-order valence-electron chi connectivity index (χ4n) is 2.78. The minimum atomic E-state index is -5.09. The third-order valence-corrected chi connectivity index (χ3v) is 5.40. The topological polar surface area (TPSA) is 63.4 Å². The second kappa shape index (κ2) is 7.29. The molecule has 154 valence electrons. The largest absolute Gasteiger partial charge is 0.416 e. The molecular weight excluding hydrogens is 422 g/mol. The van der Waals surface area contributed by atoms with E-state index in [9.17, 15) is 35.9 Å². The summed E-state index contributed by atoms with van der Waals surface area (Å²) in [6, 6.07) is 7.08. The summed E-state index contributed by atoms with van der Waals surface area (Å²) in [7, 11) is 0. The van der Waals surface area contributed by atoms with Gasteiger partial charge in [0.25, 0.3) is 0 Å². The zero-order chi connectivity index (χ0) is 21.6. The number of thioether (sulfide) groups is 1. The summed E-state index contributed by atoms with van der Waals surface area (Å²) in [5, 5.41) is -1.02. The van der Waals surface area contributed by atoms with Crippen molar-refractivity contribution >= 4 is 35.0 Å². The number of benzene rings is 2. The summed E-state index contributed by atoms with van der Waals surface area (Å²) in [5.74, 6) is -1.80. The highest BCUT2D eigenvalue weighted by Crippen LogP contribution is 2.41. The Morgan fingerprint density at radius 2 is 1.48 bits per heavy atom. The Morgan fingerprint density at radius 3 is 2.00 bits per heavy atom. The first-order valence-electron chi connectivity index (χ1n) is 8.05. The smallest absolute Gasteiger partial charge is 0.398 e. The van der Waals surface area contributed by atoms with Gasteiger partial charge in [-0.25, -0.2) is 4.90 Å². The van der Waals surface area contributed by atoms with Crippen molar-refractivity contribution in [3.05, 3.63) is 53.6 Å². The van der Waals surface area contributed by atoms with Crippen molar-refractivity contribution in [2.24, 2.45) is 0 Å². The molecule has 1 aliphatic rings. The average Bonchev–Trinajstić information content (AvgIpc) is 2.88. The van der Waals surface area contributed by atoms with Crippen LogP contribution in [-0.2, 0) is 21.9 Å². The van der Waals surface area contributed by atoms with Crippen molar-refractivity contribution in [3.8, 4) is 0 Å². The Balaban J connectivity index is 1.98. The molecule has 0 spiro atoms. The SMILES string of the molecule is Nc1ccccc1SC1CC(=O)N(c2cc(C(F)(F)F)cc(C(F)(F)F)c2)C1=O. The zero-order valence-corrected chi connectivity index (χ0v) is 15.2. The first kappa shape index (κ1) is 21.0. The molecule has 29 heavy (non-hydrogen) atoms. The molecule has 1 heterocycles. The molecule has 2 aromatic rings. The lowest BCUT2D eigenvalue weighted by molar-refractivity contribution is -0.143. The standard InChI is InChI=1S/C18H12F6N2O2S/c19-17(20,21)9-5-10(18(22,23)24)7-11(6-9)26-15(27)8-14(16(26)28)29-13-4-2-1-3-12(13)25/h1-7,14H,8,25H2.